The van der Waals surface area contributed by atoms with Gasteiger partial charge in [-0.2, -0.15) is 5.10 Å². The Morgan fingerprint density at radius 3 is 2.60 bits per heavy atom. The normalized spacial score (nSPS) is 20.6. The fourth-order valence-electron chi connectivity index (χ4n) is 6.17. The second kappa shape index (κ2) is 9.43. The third-order valence-electron chi connectivity index (χ3n) is 8.62. The average molecular weight is 540 g/mol. The van der Waals surface area contributed by atoms with E-state index in [0.29, 0.717) is 54.2 Å². The summed E-state index contributed by atoms with van der Waals surface area (Å²) in [6.45, 7) is 3.65. The molecule has 2 atom stereocenters. The van der Waals surface area contributed by atoms with Crippen LogP contribution in [0.15, 0.2) is 54.6 Å². The standard InChI is InChI=1S/C31H30FN5O3/c1-18-24-5-3-2-4-19(24)11-13-36(18)30(38)28-16-23-15-27(34-37(23)29(33-28)20-6-7-20)25-9-8-22(14-26(25)32)35-12-10-21(17-35)31(39)40/h2-5,8-9,14-16,18,20-21H,6-7,10-13,17H2,1H3,(H,39,40)/t18-,21?/m1/s1. The van der Waals surface area contributed by atoms with E-state index in [0.717, 1.165) is 25.1 Å². The van der Waals surface area contributed by atoms with Crippen molar-refractivity contribution in [3.8, 4) is 11.3 Å². The monoisotopic (exact) mass is 539 g/mol. The van der Waals surface area contributed by atoms with Crippen molar-refractivity contribution in [1.29, 1.82) is 0 Å². The minimum atomic E-state index is -0.818. The number of carbonyl (C=O) groups excluding carboxylic acids is 1. The number of carboxylic acid groups (broad SMARTS) is 1. The van der Waals surface area contributed by atoms with Crippen LogP contribution in [0.3, 0.4) is 0 Å². The van der Waals surface area contributed by atoms with Gasteiger partial charge >= 0.3 is 5.97 Å². The lowest BCUT2D eigenvalue weighted by Gasteiger charge is -2.35. The minimum Gasteiger partial charge on any atom is -0.481 e. The average Bonchev–Trinajstić information content (AvgIpc) is 3.51. The summed E-state index contributed by atoms with van der Waals surface area (Å²) in [5, 5.41) is 14.0. The van der Waals surface area contributed by atoms with Crippen molar-refractivity contribution in [2.24, 2.45) is 5.92 Å². The van der Waals surface area contributed by atoms with Crippen LogP contribution in [0.5, 0.6) is 0 Å². The highest BCUT2D eigenvalue weighted by atomic mass is 19.1. The summed E-state index contributed by atoms with van der Waals surface area (Å²) in [5.41, 5.74) is 5.06. The van der Waals surface area contributed by atoms with E-state index in [4.69, 9.17) is 10.1 Å². The van der Waals surface area contributed by atoms with Gasteiger partial charge in [0.05, 0.1) is 23.2 Å². The molecule has 1 aliphatic carbocycles. The van der Waals surface area contributed by atoms with E-state index < -0.39 is 17.7 Å². The van der Waals surface area contributed by atoms with Crippen LogP contribution < -0.4 is 4.90 Å². The number of carbonyl (C=O) groups is 2. The molecular weight excluding hydrogens is 509 g/mol. The molecule has 2 aliphatic heterocycles. The fourth-order valence-corrected chi connectivity index (χ4v) is 6.17. The van der Waals surface area contributed by atoms with Gasteiger partial charge in [0.15, 0.2) is 0 Å². The highest BCUT2D eigenvalue weighted by molar-refractivity contribution is 5.94. The van der Waals surface area contributed by atoms with Gasteiger partial charge in [-0.1, -0.05) is 24.3 Å². The van der Waals surface area contributed by atoms with Crippen LogP contribution in [0.25, 0.3) is 16.8 Å². The van der Waals surface area contributed by atoms with Crippen LogP contribution in [-0.4, -0.2) is 56.1 Å². The van der Waals surface area contributed by atoms with Gasteiger partial charge in [0.25, 0.3) is 5.91 Å². The highest BCUT2D eigenvalue weighted by Crippen LogP contribution is 2.40. The Morgan fingerprint density at radius 2 is 1.85 bits per heavy atom. The number of carboxylic acids is 1. The second-order valence-corrected chi connectivity index (χ2v) is 11.2. The van der Waals surface area contributed by atoms with Crippen LogP contribution in [0.2, 0.25) is 0 Å². The zero-order valence-corrected chi connectivity index (χ0v) is 22.3. The molecule has 1 saturated heterocycles. The van der Waals surface area contributed by atoms with Crippen LogP contribution in [0, 0.1) is 11.7 Å². The van der Waals surface area contributed by atoms with Gasteiger partial charge < -0.3 is 14.9 Å². The predicted octanol–water partition coefficient (Wildman–Crippen LogP) is 5.08. The number of rotatable bonds is 5. The molecule has 1 unspecified atom stereocenters. The summed E-state index contributed by atoms with van der Waals surface area (Å²) in [5.74, 6) is -0.804. The lowest BCUT2D eigenvalue weighted by molar-refractivity contribution is -0.140. The highest BCUT2D eigenvalue weighted by Gasteiger charge is 2.33. The first-order valence-corrected chi connectivity index (χ1v) is 13.9. The maximum atomic E-state index is 15.4. The molecule has 4 aromatic rings. The zero-order chi connectivity index (χ0) is 27.5. The first-order chi connectivity index (χ1) is 19.4. The van der Waals surface area contributed by atoms with Gasteiger partial charge in [-0.15, -0.1) is 0 Å². The number of fused-ring (bicyclic) bond motifs is 2. The van der Waals surface area contributed by atoms with E-state index in [-0.39, 0.29) is 17.9 Å². The van der Waals surface area contributed by atoms with E-state index in [1.807, 2.05) is 34.1 Å². The smallest absolute Gasteiger partial charge is 0.308 e. The van der Waals surface area contributed by atoms with Gasteiger partial charge in [-0.05, 0) is 74.1 Å². The Morgan fingerprint density at radius 1 is 1.02 bits per heavy atom. The SMILES string of the molecule is C[C@@H]1c2ccccc2CCN1C(=O)c1cc2cc(-c3ccc(N4CCC(C(=O)O)C4)cc3F)nn2c(C2CC2)n1. The van der Waals surface area contributed by atoms with Gasteiger partial charge in [0, 0.05) is 36.8 Å². The number of amides is 1. The summed E-state index contributed by atoms with van der Waals surface area (Å²) in [6, 6.07) is 16.8. The number of halogens is 1. The second-order valence-electron chi connectivity index (χ2n) is 11.2. The molecule has 0 bridgehead atoms. The van der Waals surface area contributed by atoms with Crippen molar-refractivity contribution in [3.63, 3.8) is 0 Å². The summed E-state index contributed by atoms with van der Waals surface area (Å²) in [4.78, 5) is 33.7. The lowest BCUT2D eigenvalue weighted by Crippen LogP contribution is -2.39. The van der Waals surface area contributed by atoms with Crippen LogP contribution >= 0.6 is 0 Å². The maximum Gasteiger partial charge on any atom is 0.308 e. The zero-order valence-electron chi connectivity index (χ0n) is 22.3. The van der Waals surface area contributed by atoms with Crippen molar-refractivity contribution in [3.05, 3.63) is 83.1 Å². The Hall–Kier alpha value is -4.27. The molecule has 2 aromatic heterocycles. The lowest BCUT2D eigenvalue weighted by atomic mass is 9.93. The van der Waals surface area contributed by atoms with Crippen LogP contribution in [0.1, 0.15) is 65.6 Å². The Labute approximate surface area is 231 Å². The molecule has 1 N–H and O–H groups in total. The van der Waals surface area contributed by atoms with Crippen molar-refractivity contribution in [2.75, 3.05) is 24.5 Å². The molecule has 40 heavy (non-hydrogen) atoms. The van der Waals surface area contributed by atoms with Crippen LogP contribution in [-0.2, 0) is 11.2 Å². The molecule has 204 valence electrons. The molecular formula is C31H30FN5O3. The number of aromatic nitrogens is 3. The molecule has 3 aliphatic rings. The summed E-state index contributed by atoms with van der Waals surface area (Å²) < 4.78 is 17.1. The van der Waals surface area contributed by atoms with Crippen molar-refractivity contribution < 1.29 is 19.1 Å². The molecule has 2 aromatic carbocycles. The number of hydrogen-bond donors (Lipinski definition) is 1. The molecule has 8 nitrogen and oxygen atoms in total. The van der Waals surface area contributed by atoms with Gasteiger partial charge in [-0.25, -0.2) is 13.9 Å². The Balaban J connectivity index is 1.21. The quantitative estimate of drug-likeness (QED) is 0.380. The third kappa shape index (κ3) is 4.20. The summed E-state index contributed by atoms with van der Waals surface area (Å²) in [6.07, 6.45) is 3.33. The molecule has 1 amide bonds. The fraction of sp³-hybridized carbons (Fsp3) is 0.355. The van der Waals surface area contributed by atoms with Crippen molar-refractivity contribution >= 4 is 23.1 Å². The Kier molecular flexibility index (Phi) is 5.83. The maximum absolute atomic E-state index is 15.4. The number of aliphatic carboxylic acids is 1. The van der Waals surface area contributed by atoms with Gasteiger partial charge in [0.1, 0.15) is 17.3 Å². The van der Waals surface area contributed by atoms with E-state index in [9.17, 15) is 14.7 Å². The number of benzene rings is 2. The Bertz CT molecular complexity index is 1660. The molecule has 1 saturated carbocycles. The van der Waals surface area contributed by atoms with E-state index in [1.165, 1.54) is 17.2 Å². The van der Waals surface area contributed by atoms with E-state index >= 15 is 4.39 Å². The third-order valence-corrected chi connectivity index (χ3v) is 8.62. The summed E-state index contributed by atoms with van der Waals surface area (Å²) >= 11 is 0. The minimum absolute atomic E-state index is 0.0469. The topological polar surface area (TPSA) is 91.0 Å². The molecule has 7 rings (SSSR count). The molecule has 9 heteroatoms. The number of nitrogens with zero attached hydrogens (tertiary/aromatic N) is 5. The van der Waals surface area contributed by atoms with Gasteiger partial charge in [0.2, 0.25) is 0 Å². The molecule has 0 spiro atoms. The predicted molar refractivity (Wildman–Crippen MR) is 148 cm³/mol. The summed E-state index contributed by atoms with van der Waals surface area (Å²) in [7, 11) is 0. The largest absolute Gasteiger partial charge is 0.481 e. The number of anilines is 1. The van der Waals surface area contributed by atoms with E-state index in [2.05, 4.69) is 19.1 Å². The molecule has 0 radical (unpaired) electrons. The molecule has 4 heterocycles. The van der Waals surface area contributed by atoms with E-state index in [1.54, 1.807) is 16.6 Å². The first kappa shape index (κ1) is 24.7. The molecule has 2 fully saturated rings. The van der Waals surface area contributed by atoms with Crippen LogP contribution in [0.4, 0.5) is 10.1 Å². The van der Waals surface area contributed by atoms with Crippen molar-refractivity contribution in [1.82, 2.24) is 19.5 Å². The van der Waals surface area contributed by atoms with Gasteiger partial charge in [-0.3, -0.25) is 9.59 Å². The van der Waals surface area contributed by atoms with Crippen molar-refractivity contribution in [2.45, 2.75) is 44.6 Å². The number of hydrogen-bond acceptors (Lipinski definition) is 5. The first-order valence-electron chi connectivity index (χ1n) is 13.9.